The predicted octanol–water partition coefficient (Wildman–Crippen LogP) is 3.05. The number of hydrogen-bond donors (Lipinski definition) is 2. The van der Waals surface area contributed by atoms with Crippen LogP contribution in [0.4, 0.5) is 0 Å². The second kappa shape index (κ2) is 6.67. The standard InChI is InChI=1S/C25H23N3O2/c29-24(21-9-10-22-16-11-15(12-26-13-16)14-28(22)25(21)30)27-23-19-7-3-1-5-17(19)18-6-2-4-8-20(18)23/h1-10,15-16,23,26H,11-14H2,(H,27,29)/t15-,16+/m0/s1. The highest BCUT2D eigenvalue weighted by atomic mass is 16.2. The van der Waals surface area contributed by atoms with Gasteiger partial charge in [0.15, 0.2) is 0 Å². The Morgan fingerprint density at radius 2 is 1.63 bits per heavy atom. The van der Waals surface area contributed by atoms with E-state index in [4.69, 9.17) is 0 Å². The van der Waals surface area contributed by atoms with Crippen LogP contribution in [0.2, 0.25) is 0 Å². The first-order valence-electron chi connectivity index (χ1n) is 10.6. The van der Waals surface area contributed by atoms with E-state index >= 15 is 0 Å². The summed E-state index contributed by atoms with van der Waals surface area (Å²) in [5.41, 5.74) is 5.55. The number of nitrogens with one attached hydrogen (secondary N) is 2. The highest BCUT2D eigenvalue weighted by Gasteiger charge is 2.33. The molecular formula is C25H23N3O2. The molecule has 2 bridgehead atoms. The van der Waals surface area contributed by atoms with Crippen molar-refractivity contribution in [1.29, 1.82) is 0 Å². The minimum Gasteiger partial charge on any atom is -0.341 e. The maximum Gasteiger partial charge on any atom is 0.263 e. The summed E-state index contributed by atoms with van der Waals surface area (Å²) < 4.78 is 1.84. The van der Waals surface area contributed by atoms with Crippen molar-refractivity contribution in [2.45, 2.75) is 24.9 Å². The lowest BCUT2D eigenvalue weighted by molar-refractivity contribution is 0.0940. The van der Waals surface area contributed by atoms with Gasteiger partial charge in [0.25, 0.3) is 11.5 Å². The van der Waals surface area contributed by atoms with Crippen molar-refractivity contribution >= 4 is 5.91 Å². The van der Waals surface area contributed by atoms with E-state index in [1.165, 1.54) is 0 Å². The Balaban J connectivity index is 1.37. The average Bonchev–Trinajstić information content (AvgIpc) is 3.09. The summed E-state index contributed by atoms with van der Waals surface area (Å²) in [6, 6.07) is 19.7. The van der Waals surface area contributed by atoms with E-state index in [0.717, 1.165) is 47.5 Å². The number of fused-ring (bicyclic) bond motifs is 7. The van der Waals surface area contributed by atoms with Crippen LogP contribution in [-0.4, -0.2) is 23.6 Å². The summed E-state index contributed by atoms with van der Waals surface area (Å²) in [4.78, 5) is 26.5. The first-order chi connectivity index (χ1) is 14.7. The number of hydrogen-bond acceptors (Lipinski definition) is 3. The fourth-order valence-corrected chi connectivity index (χ4v) is 5.48. The van der Waals surface area contributed by atoms with Gasteiger partial charge >= 0.3 is 0 Å². The Labute approximate surface area is 174 Å². The minimum atomic E-state index is -0.305. The molecule has 6 rings (SSSR count). The molecule has 2 atom stereocenters. The van der Waals surface area contributed by atoms with Crippen LogP contribution in [0, 0.1) is 5.92 Å². The third-order valence-electron chi connectivity index (χ3n) is 6.86. The van der Waals surface area contributed by atoms with E-state index in [9.17, 15) is 9.59 Å². The molecule has 1 fully saturated rings. The Bertz CT molecular complexity index is 1180. The monoisotopic (exact) mass is 397 g/mol. The smallest absolute Gasteiger partial charge is 0.263 e. The molecule has 2 N–H and O–H groups in total. The van der Waals surface area contributed by atoms with Crippen LogP contribution in [-0.2, 0) is 6.54 Å². The van der Waals surface area contributed by atoms with Gasteiger partial charge < -0.3 is 15.2 Å². The van der Waals surface area contributed by atoms with Gasteiger partial charge in [-0.25, -0.2) is 0 Å². The van der Waals surface area contributed by atoms with Crippen molar-refractivity contribution in [1.82, 2.24) is 15.2 Å². The summed E-state index contributed by atoms with van der Waals surface area (Å²) in [6.45, 7) is 2.53. The minimum absolute atomic E-state index is 0.166. The first-order valence-corrected chi connectivity index (χ1v) is 10.6. The lowest BCUT2D eigenvalue weighted by Crippen LogP contribution is -2.46. The SMILES string of the molecule is O=C(NC1c2ccccc2-c2ccccc21)c1ccc2n(c1=O)C[C@@H]1CNC[C@H]2C1. The molecule has 3 heterocycles. The quantitative estimate of drug-likeness (QED) is 0.699. The molecule has 1 aromatic heterocycles. The van der Waals surface area contributed by atoms with E-state index in [1.807, 2.05) is 47.0 Å². The van der Waals surface area contributed by atoms with Crippen molar-refractivity contribution in [2.75, 3.05) is 13.1 Å². The molecular weight excluding hydrogens is 374 g/mol. The summed E-state index contributed by atoms with van der Waals surface area (Å²) in [6.07, 6.45) is 1.12. The van der Waals surface area contributed by atoms with Gasteiger partial charge in [0.2, 0.25) is 0 Å². The summed E-state index contributed by atoms with van der Waals surface area (Å²) in [5.74, 6) is 0.511. The van der Waals surface area contributed by atoms with Crippen molar-refractivity contribution in [3.05, 3.63) is 93.4 Å². The number of rotatable bonds is 2. The number of aromatic nitrogens is 1. The number of piperidine rings is 1. The fourth-order valence-electron chi connectivity index (χ4n) is 5.48. The molecule has 5 heteroatoms. The fraction of sp³-hybridized carbons (Fsp3) is 0.280. The zero-order chi connectivity index (χ0) is 20.2. The van der Waals surface area contributed by atoms with E-state index in [1.54, 1.807) is 6.07 Å². The number of carbonyl (C=O) groups is 1. The molecule has 150 valence electrons. The number of amides is 1. The normalized spacial score (nSPS) is 21.5. The molecule has 3 aromatic rings. The van der Waals surface area contributed by atoms with E-state index in [2.05, 4.69) is 22.8 Å². The van der Waals surface area contributed by atoms with E-state index < -0.39 is 0 Å². The summed E-state index contributed by atoms with van der Waals surface area (Å²) in [7, 11) is 0. The van der Waals surface area contributed by atoms with Crippen LogP contribution in [0.15, 0.2) is 65.5 Å². The Hall–Kier alpha value is -3.18. The third kappa shape index (κ3) is 2.58. The van der Waals surface area contributed by atoms with Gasteiger partial charge in [0.05, 0.1) is 6.04 Å². The number of nitrogens with zero attached hydrogens (tertiary/aromatic N) is 1. The second-order valence-corrected chi connectivity index (χ2v) is 8.63. The van der Waals surface area contributed by atoms with Gasteiger partial charge in [-0.15, -0.1) is 0 Å². The molecule has 5 nitrogen and oxygen atoms in total. The van der Waals surface area contributed by atoms with Crippen LogP contribution in [0.5, 0.6) is 0 Å². The Morgan fingerprint density at radius 3 is 2.37 bits per heavy atom. The Morgan fingerprint density at radius 1 is 0.933 bits per heavy atom. The molecule has 2 aliphatic heterocycles. The van der Waals surface area contributed by atoms with Crippen LogP contribution in [0.25, 0.3) is 11.1 Å². The molecule has 1 aliphatic carbocycles. The highest BCUT2D eigenvalue weighted by molar-refractivity contribution is 5.95. The van der Waals surface area contributed by atoms with Gasteiger partial charge in [0, 0.05) is 24.7 Å². The molecule has 30 heavy (non-hydrogen) atoms. The van der Waals surface area contributed by atoms with E-state index in [0.29, 0.717) is 18.4 Å². The topological polar surface area (TPSA) is 63.1 Å². The van der Waals surface area contributed by atoms with Crippen molar-refractivity contribution in [3.8, 4) is 11.1 Å². The zero-order valence-corrected chi connectivity index (χ0v) is 16.6. The molecule has 1 amide bonds. The molecule has 0 spiro atoms. The van der Waals surface area contributed by atoms with Gasteiger partial charge in [-0.1, -0.05) is 48.5 Å². The van der Waals surface area contributed by atoms with Crippen LogP contribution in [0.1, 0.15) is 45.6 Å². The molecule has 0 unspecified atom stereocenters. The number of carbonyl (C=O) groups excluding carboxylic acids is 1. The summed E-state index contributed by atoms with van der Waals surface area (Å²) >= 11 is 0. The van der Waals surface area contributed by atoms with Crippen LogP contribution < -0.4 is 16.2 Å². The molecule has 1 saturated heterocycles. The van der Waals surface area contributed by atoms with Crippen LogP contribution in [0.3, 0.4) is 0 Å². The molecule has 3 aliphatic rings. The number of benzene rings is 2. The van der Waals surface area contributed by atoms with Crippen molar-refractivity contribution in [2.24, 2.45) is 5.92 Å². The summed E-state index contributed by atoms with van der Waals surface area (Å²) in [5, 5.41) is 6.60. The van der Waals surface area contributed by atoms with Gasteiger partial charge in [-0.2, -0.15) is 0 Å². The third-order valence-corrected chi connectivity index (χ3v) is 6.86. The van der Waals surface area contributed by atoms with Gasteiger partial charge in [0.1, 0.15) is 5.56 Å². The zero-order valence-electron chi connectivity index (χ0n) is 16.6. The maximum absolute atomic E-state index is 13.2. The van der Waals surface area contributed by atoms with Gasteiger partial charge in [-0.3, -0.25) is 9.59 Å². The van der Waals surface area contributed by atoms with Crippen molar-refractivity contribution < 1.29 is 4.79 Å². The largest absolute Gasteiger partial charge is 0.341 e. The first kappa shape index (κ1) is 17.7. The molecule has 2 aromatic carbocycles. The lowest BCUT2D eigenvalue weighted by atomic mass is 9.84. The molecule has 0 saturated carbocycles. The maximum atomic E-state index is 13.2. The predicted molar refractivity (Wildman–Crippen MR) is 116 cm³/mol. The lowest BCUT2D eigenvalue weighted by Gasteiger charge is -2.37. The number of pyridine rings is 1. The van der Waals surface area contributed by atoms with Crippen LogP contribution >= 0.6 is 0 Å². The Kier molecular flexibility index (Phi) is 3.93. The van der Waals surface area contributed by atoms with Crippen molar-refractivity contribution in [3.63, 3.8) is 0 Å². The van der Waals surface area contributed by atoms with E-state index in [-0.39, 0.29) is 23.1 Å². The highest BCUT2D eigenvalue weighted by Crippen LogP contribution is 2.43. The average molecular weight is 397 g/mol. The van der Waals surface area contributed by atoms with Gasteiger partial charge in [-0.05, 0) is 53.3 Å². The second-order valence-electron chi connectivity index (χ2n) is 8.63. The molecule has 0 radical (unpaired) electrons.